The number of hydrogen-bond donors (Lipinski definition) is 1. The van der Waals surface area contributed by atoms with E-state index in [1.54, 1.807) is 20.8 Å². The quantitative estimate of drug-likeness (QED) is 0.847. The monoisotopic (exact) mass is 291 g/mol. The Bertz CT molecular complexity index is 424. The third-order valence-corrected chi connectivity index (χ3v) is 6.53. The normalized spacial score (nSPS) is 26.3. The van der Waals surface area contributed by atoms with E-state index in [0.717, 1.165) is 0 Å². The summed E-state index contributed by atoms with van der Waals surface area (Å²) >= 11 is 0. The Balaban J connectivity index is 2.55. The Kier molecular flexibility index (Phi) is 5.01. The molecule has 112 valence electrons. The summed E-state index contributed by atoms with van der Waals surface area (Å²) in [5, 5.41) is 8.99. The molecule has 1 saturated heterocycles. The summed E-state index contributed by atoms with van der Waals surface area (Å²) in [5.74, 6) is -0.891. The Morgan fingerprint density at radius 2 is 1.95 bits per heavy atom. The van der Waals surface area contributed by atoms with Crippen LogP contribution in [0.3, 0.4) is 0 Å². The van der Waals surface area contributed by atoms with E-state index in [4.69, 9.17) is 5.11 Å². The van der Waals surface area contributed by atoms with Gasteiger partial charge in [0.1, 0.15) is 0 Å². The van der Waals surface area contributed by atoms with Crippen LogP contribution in [0.15, 0.2) is 0 Å². The summed E-state index contributed by atoms with van der Waals surface area (Å²) in [6.07, 6.45) is 1.21. The van der Waals surface area contributed by atoms with Gasteiger partial charge < -0.3 is 5.11 Å². The van der Waals surface area contributed by atoms with E-state index < -0.39 is 20.6 Å². The van der Waals surface area contributed by atoms with Gasteiger partial charge in [0.05, 0.1) is 16.4 Å². The molecule has 0 aliphatic carbocycles. The van der Waals surface area contributed by atoms with Crippen molar-refractivity contribution >= 4 is 15.8 Å². The van der Waals surface area contributed by atoms with Crippen molar-refractivity contribution in [2.24, 2.45) is 5.92 Å². The molecule has 1 aliphatic heterocycles. The number of hydrogen-bond acceptors (Lipinski definition) is 4. The van der Waals surface area contributed by atoms with Gasteiger partial charge in [-0.3, -0.25) is 9.69 Å². The van der Waals surface area contributed by atoms with Crippen LogP contribution in [-0.4, -0.2) is 54.0 Å². The van der Waals surface area contributed by atoms with Gasteiger partial charge in [-0.1, -0.05) is 0 Å². The van der Waals surface area contributed by atoms with Crippen molar-refractivity contribution in [3.05, 3.63) is 0 Å². The minimum Gasteiger partial charge on any atom is -0.481 e. The van der Waals surface area contributed by atoms with Crippen molar-refractivity contribution in [3.63, 3.8) is 0 Å². The molecule has 0 aromatic rings. The zero-order valence-electron chi connectivity index (χ0n) is 12.2. The maximum Gasteiger partial charge on any atom is 0.306 e. The molecule has 0 bridgehead atoms. The lowest BCUT2D eigenvalue weighted by Gasteiger charge is -2.36. The molecule has 2 atom stereocenters. The second-order valence-corrected chi connectivity index (χ2v) is 9.24. The van der Waals surface area contributed by atoms with Gasteiger partial charge in [-0.05, 0) is 47.1 Å². The summed E-state index contributed by atoms with van der Waals surface area (Å²) < 4.78 is 23.4. The number of likely N-dealkylation sites (tertiary alicyclic amines) is 1. The van der Waals surface area contributed by atoms with Gasteiger partial charge in [0.15, 0.2) is 9.84 Å². The van der Waals surface area contributed by atoms with Gasteiger partial charge in [-0.15, -0.1) is 0 Å². The van der Waals surface area contributed by atoms with Crippen LogP contribution in [0.5, 0.6) is 0 Å². The minimum atomic E-state index is -3.11. The van der Waals surface area contributed by atoms with E-state index in [1.165, 1.54) is 0 Å². The van der Waals surface area contributed by atoms with Gasteiger partial charge in [-0.2, -0.15) is 0 Å². The summed E-state index contributed by atoms with van der Waals surface area (Å²) in [4.78, 5) is 13.0. The maximum atomic E-state index is 12.1. The summed E-state index contributed by atoms with van der Waals surface area (Å²) in [7, 11) is -3.11. The van der Waals surface area contributed by atoms with Crippen molar-refractivity contribution in [2.45, 2.75) is 51.3 Å². The number of carboxylic acid groups (broad SMARTS) is 1. The highest BCUT2D eigenvalue weighted by molar-refractivity contribution is 7.92. The number of piperidine rings is 1. The van der Waals surface area contributed by atoms with Crippen LogP contribution >= 0.6 is 0 Å². The van der Waals surface area contributed by atoms with E-state index in [-0.39, 0.29) is 17.7 Å². The molecule has 0 saturated carbocycles. The van der Waals surface area contributed by atoms with E-state index in [0.29, 0.717) is 25.9 Å². The molecule has 0 aromatic carbocycles. The molecule has 1 fully saturated rings. The average Bonchev–Trinajstić information content (AvgIpc) is 2.25. The molecule has 0 spiro atoms. The predicted molar refractivity (Wildman–Crippen MR) is 74.9 cm³/mol. The Hall–Kier alpha value is -0.620. The lowest BCUT2D eigenvalue weighted by atomic mass is 9.92. The molecule has 0 amide bonds. The van der Waals surface area contributed by atoms with E-state index in [9.17, 15) is 13.2 Å². The summed E-state index contributed by atoms with van der Waals surface area (Å²) in [6.45, 7) is 8.26. The van der Waals surface area contributed by atoms with Crippen LogP contribution < -0.4 is 0 Å². The fourth-order valence-electron chi connectivity index (χ4n) is 2.32. The first kappa shape index (κ1) is 16.4. The van der Waals surface area contributed by atoms with Crippen LogP contribution in [0.4, 0.5) is 0 Å². The first-order valence-corrected chi connectivity index (χ1v) is 8.39. The van der Waals surface area contributed by atoms with Gasteiger partial charge in [-0.25, -0.2) is 8.42 Å². The second-order valence-electron chi connectivity index (χ2n) is 6.38. The molecule has 1 heterocycles. The fourth-order valence-corrected chi connectivity index (χ4v) is 3.41. The minimum absolute atomic E-state index is 0.130. The number of rotatable bonds is 4. The molecule has 1 aliphatic rings. The molecule has 2 unspecified atom stereocenters. The lowest BCUT2D eigenvalue weighted by Crippen LogP contribution is -2.45. The Labute approximate surface area is 115 Å². The SMILES string of the molecule is CC1CC(C(=O)O)CCN1CCS(=O)(=O)C(C)(C)C. The number of aliphatic carboxylic acids is 1. The number of nitrogens with zero attached hydrogens (tertiary/aromatic N) is 1. The van der Waals surface area contributed by atoms with Crippen molar-refractivity contribution in [1.82, 2.24) is 4.90 Å². The van der Waals surface area contributed by atoms with Gasteiger partial charge in [0.25, 0.3) is 0 Å². The van der Waals surface area contributed by atoms with Gasteiger partial charge >= 0.3 is 5.97 Å². The van der Waals surface area contributed by atoms with E-state index in [2.05, 4.69) is 4.90 Å². The van der Waals surface area contributed by atoms with Crippen LogP contribution in [-0.2, 0) is 14.6 Å². The largest absolute Gasteiger partial charge is 0.481 e. The van der Waals surface area contributed by atoms with Crippen molar-refractivity contribution in [1.29, 1.82) is 0 Å². The molecular formula is C13H25NO4S. The summed E-state index contributed by atoms with van der Waals surface area (Å²) in [6, 6.07) is 0.130. The van der Waals surface area contributed by atoms with Crippen molar-refractivity contribution in [2.75, 3.05) is 18.8 Å². The number of carboxylic acids is 1. The van der Waals surface area contributed by atoms with Crippen LogP contribution in [0.1, 0.15) is 40.5 Å². The highest BCUT2D eigenvalue weighted by atomic mass is 32.2. The smallest absolute Gasteiger partial charge is 0.306 e. The molecule has 1 N–H and O–H groups in total. The molecule has 19 heavy (non-hydrogen) atoms. The van der Waals surface area contributed by atoms with Gasteiger partial charge in [0, 0.05) is 12.6 Å². The first-order chi connectivity index (χ1) is 8.54. The van der Waals surface area contributed by atoms with Crippen LogP contribution in [0, 0.1) is 5.92 Å². The molecule has 0 aromatic heterocycles. The predicted octanol–water partition coefficient (Wildman–Crippen LogP) is 1.38. The number of carbonyl (C=O) groups is 1. The lowest BCUT2D eigenvalue weighted by molar-refractivity contribution is -0.144. The molecule has 5 nitrogen and oxygen atoms in total. The zero-order valence-corrected chi connectivity index (χ0v) is 13.0. The highest BCUT2D eigenvalue weighted by Crippen LogP contribution is 2.24. The second kappa shape index (κ2) is 5.79. The molecular weight excluding hydrogens is 266 g/mol. The summed E-state index contributed by atoms with van der Waals surface area (Å²) in [5.41, 5.74) is 0. The maximum absolute atomic E-state index is 12.1. The van der Waals surface area contributed by atoms with E-state index >= 15 is 0 Å². The standard InChI is InChI=1S/C13H25NO4S/c1-10-9-11(12(15)16)5-6-14(10)7-8-19(17,18)13(2,3)4/h10-11H,5-9H2,1-4H3,(H,15,16). The Morgan fingerprint density at radius 3 is 2.37 bits per heavy atom. The van der Waals surface area contributed by atoms with Crippen LogP contribution in [0.25, 0.3) is 0 Å². The highest BCUT2D eigenvalue weighted by Gasteiger charge is 2.33. The topological polar surface area (TPSA) is 74.7 Å². The molecule has 6 heteroatoms. The van der Waals surface area contributed by atoms with Crippen molar-refractivity contribution in [3.8, 4) is 0 Å². The van der Waals surface area contributed by atoms with Gasteiger partial charge in [0.2, 0.25) is 0 Å². The first-order valence-electron chi connectivity index (χ1n) is 6.74. The van der Waals surface area contributed by atoms with Crippen molar-refractivity contribution < 1.29 is 18.3 Å². The third-order valence-electron chi connectivity index (χ3n) is 3.94. The Morgan fingerprint density at radius 1 is 1.37 bits per heavy atom. The van der Waals surface area contributed by atoms with E-state index in [1.807, 2.05) is 6.92 Å². The number of sulfone groups is 1. The zero-order chi connectivity index (χ0) is 14.8. The molecule has 0 radical (unpaired) electrons. The fraction of sp³-hybridized carbons (Fsp3) is 0.923. The average molecular weight is 291 g/mol. The molecule has 1 rings (SSSR count). The third kappa shape index (κ3) is 4.18. The van der Waals surface area contributed by atoms with Crippen LogP contribution in [0.2, 0.25) is 0 Å².